The molecule has 2 rings (SSSR count). The summed E-state index contributed by atoms with van der Waals surface area (Å²) in [5.41, 5.74) is 5.75. The van der Waals surface area contributed by atoms with Gasteiger partial charge in [0.05, 0.1) is 6.04 Å². The first-order valence-corrected chi connectivity index (χ1v) is 5.05. The van der Waals surface area contributed by atoms with Gasteiger partial charge in [0.15, 0.2) is 0 Å². The molecule has 3 N–H and O–H groups in total. The van der Waals surface area contributed by atoms with Crippen LogP contribution in [0.2, 0.25) is 0 Å². The van der Waals surface area contributed by atoms with Gasteiger partial charge in [0.25, 0.3) is 0 Å². The zero-order valence-corrected chi connectivity index (χ0v) is 9.05. The van der Waals surface area contributed by atoms with E-state index in [9.17, 15) is 4.79 Å². The van der Waals surface area contributed by atoms with Crippen molar-refractivity contribution >= 4 is 18.3 Å². The standard InChI is InChI=1S/C9H17N3O.ClH/c10-7-3-5-12(6-7)9(13)8-2-1-4-11-8;/h7-8,11H,1-6,10H2;1H/t7-,8-;/m0./s1. The number of halogens is 1. The molecule has 0 aromatic rings. The van der Waals surface area contributed by atoms with Crippen molar-refractivity contribution in [3.63, 3.8) is 0 Å². The Hall–Kier alpha value is -0.320. The molecule has 0 radical (unpaired) electrons. The molecule has 82 valence electrons. The minimum Gasteiger partial charge on any atom is -0.340 e. The number of nitrogens with zero attached hydrogens (tertiary/aromatic N) is 1. The van der Waals surface area contributed by atoms with Crippen LogP contribution in [-0.4, -0.2) is 42.5 Å². The van der Waals surface area contributed by atoms with Crippen LogP contribution in [0, 0.1) is 0 Å². The summed E-state index contributed by atoms with van der Waals surface area (Å²) in [5, 5.41) is 3.22. The number of hydrogen-bond acceptors (Lipinski definition) is 3. The molecule has 0 aliphatic carbocycles. The molecule has 0 bridgehead atoms. The zero-order chi connectivity index (χ0) is 9.26. The molecule has 2 atom stereocenters. The van der Waals surface area contributed by atoms with Gasteiger partial charge in [-0.15, -0.1) is 12.4 Å². The summed E-state index contributed by atoms with van der Waals surface area (Å²) in [6.45, 7) is 2.57. The number of hydrogen-bond donors (Lipinski definition) is 2. The largest absolute Gasteiger partial charge is 0.340 e. The number of carbonyl (C=O) groups is 1. The van der Waals surface area contributed by atoms with Gasteiger partial charge in [0.2, 0.25) is 5.91 Å². The first kappa shape index (κ1) is 11.8. The monoisotopic (exact) mass is 219 g/mol. The van der Waals surface area contributed by atoms with Crippen LogP contribution in [0.25, 0.3) is 0 Å². The van der Waals surface area contributed by atoms with E-state index >= 15 is 0 Å². The van der Waals surface area contributed by atoms with E-state index in [4.69, 9.17) is 5.73 Å². The molecule has 5 heteroatoms. The van der Waals surface area contributed by atoms with E-state index in [0.29, 0.717) is 0 Å². The minimum absolute atomic E-state index is 0. The third-order valence-electron chi connectivity index (χ3n) is 2.89. The predicted octanol–water partition coefficient (Wildman–Crippen LogP) is -0.280. The molecule has 0 unspecified atom stereocenters. The van der Waals surface area contributed by atoms with Crippen LogP contribution in [0.5, 0.6) is 0 Å². The highest BCUT2D eigenvalue weighted by molar-refractivity contribution is 5.85. The highest BCUT2D eigenvalue weighted by atomic mass is 35.5. The van der Waals surface area contributed by atoms with Crippen LogP contribution in [-0.2, 0) is 4.79 Å². The van der Waals surface area contributed by atoms with Crippen molar-refractivity contribution in [3.8, 4) is 0 Å². The van der Waals surface area contributed by atoms with Crippen LogP contribution >= 0.6 is 12.4 Å². The number of amides is 1. The molecule has 2 saturated heterocycles. The van der Waals surface area contributed by atoms with E-state index in [-0.39, 0.29) is 30.4 Å². The van der Waals surface area contributed by atoms with E-state index in [0.717, 1.165) is 38.9 Å². The van der Waals surface area contributed by atoms with Gasteiger partial charge in [-0.3, -0.25) is 4.79 Å². The number of likely N-dealkylation sites (tertiary alicyclic amines) is 1. The van der Waals surface area contributed by atoms with Crippen molar-refractivity contribution in [3.05, 3.63) is 0 Å². The maximum absolute atomic E-state index is 11.8. The summed E-state index contributed by atoms with van der Waals surface area (Å²) in [6, 6.07) is 0.274. The second-order valence-electron chi connectivity index (χ2n) is 3.98. The fourth-order valence-electron chi connectivity index (χ4n) is 2.10. The smallest absolute Gasteiger partial charge is 0.239 e. The maximum Gasteiger partial charge on any atom is 0.239 e. The predicted molar refractivity (Wildman–Crippen MR) is 57.4 cm³/mol. The quantitative estimate of drug-likeness (QED) is 0.638. The van der Waals surface area contributed by atoms with Crippen LogP contribution in [0.1, 0.15) is 19.3 Å². The minimum atomic E-state index is 0. The zero-order valence-electron chi connectivity index (χ0n) is 8.24. The van der Waals surface area contributed by atoms with Crippen molar-refractivity contribution in [1.82, 2.24) is 10.2 Å². The highest BCUT2D eigenvalue weighted by Gasteiger charge is 2.30. The molecule has 0 saturated carbocycles. The van der Waals surface area contributed by atoms with E-state index in [1.54, 1.807) is 0 Å². The summed E-state index contributed by atoms with van der Waals surface area (Å²) >= 11 is 0. The van der Waals surface area contributed by atoms with E-state index in [1.807, 2.05) is 4.90 Å². The second kappa shape index (κ2) is 4.96. The lowest BCUT2D eigenvalue weighted by Gasteiger charge is -2.19. The Labute approximate surface area is 90.6 Å². The molecule has 0 aromatic carbocycles. The van der Waals surface area contributed by atoms with Crippen molar-refractivity contribution < 1.29 is 4.79 Å². The molecular weight excluding hydrogens is 202 g/mol. The molecule has 2 heterocycles. The number of nitrogens with one attached hydrogen (secondary N) is 1. The Bertz CT molecular complexity index is 206. The first-order chi connectivity index (χ1) is 6.27. The molecule has 0 spiro atoms. The Balaban J connectivity index is 0.000000980. The first-order valence-electron chi connectivity index (χ1n) is 5.05. The lowest BCUT2D eigenvalue weighted by molar-refractivity contribution is -0.132. The van der Waals surface area contributed by atoms with Crippen molar-refractivity contribution in [2.45, 2.75) is 31.3 Å². The molecule has 0 aromatic heterocycles. The number of nitrogens with two attached hydrogens (primary N) is 1. The molecule has 4 nitrogen and oxygen atoms in total. The fourth-order valence-corrected chi connectivity index (χ4v) is 2.10. The van der Waals surface area contributed by atoms with Gasteiger partial charge in [0.1, 0.15) is 0 Å². The fraction of sp³-hybridized carbons (Fsp3) is 0.889. The van der Waals surface area contributed by atoms with Gasteiger partial charge in [-0.05, 0) is 25.8 Å². The average Bonchev–Trinajstić information content (AvgIpc) is 2.72. The van der Waals surface area contributed by atoms with Crippen molar-refractivity contribution in [2.75, 3.05) is 19.6 Å². The molecule has 1 amide bonds. The highest BCUT2D eigenvalue weighted by Crippen LogP contribution is 2.13. The van der Waals surface area contributed by atoms with Gasteiger partial charge in [-0.1, -0.05) is 0 Å². The molecular formula is C9H18ClN3O. The third-order valence-corrected chi connectivity index (χ3v) is 2.89. The van der Waals surface area contributed by atoms with Crippen LogP contribution in [0.4, 0.5) is 0 Å². The Morgan fingerprint density at radius 3 is 2.71 bits per heavy atom. The normalized spacial score (nSPS) is 31.6. The van der Waals surface area contributed by atoms with Crippen LogP contribution in [0.15, 0.2) is 0 Å². The Morgan fingerprint density at radius 1 is 1.43 bits per heavy atom. The lowest BCUT2D eigenvalue weighted by Crippen LogP contribution is -2.43. The van der Waals surface area contributed by atoms with Crippen molar-refractivity contribution in [1.29, 1.82) is 0 Å². The number of carbonyl (C=O) groups excluding carboxylic acids is 1. The summed E-state index contributed by atoms with van der Waals surface area (Å²) in [6.07, 6.45) is 3.07. The maximum atomic E-state index is 11.8. The topological polar surface area (TPSA) is 58.4 Å². The van der Waals surface area contributed by atoms with E-state index in [2.05, 4.69) is 5.32 Å². The van der Waals surface area contributed by atoms with E-state index in [1.165, 1.54) is 0 Å². The van der Waals surface area contributed by atoms with Gasteiger partial charge in [0, 0.05) is 19.1 Å². The molecule has 2 fully saturated rings. The van der Waals surface area contributed by atoms with Gasteiger partial charge < -0.3 is 16.0 Å². The van der Waals surface area contributed by atoms with Crippen molar-refractivity contribution in [2.24, 2.45) is 5.73 Å². The lowest BCUT2D eigenvalue weighted by atomic mass is 10.2. The van der Waals surface area contributed by atoms with E-state index < -0.39 is 0 Å². The van der Waals surface area contributed by atoms with Gasteiger partial charge in [-0.25, -0.2) is 0 Å². The number of rotatable bonds is 1. The average molecular weight is 220 g/mol. The molecule has 14 heavy (non-hydrogen) atoms. The summed E-state index contributed by atoms with van der Waals surface area (Å²) < 4.78 is 0. The summed E-state index contributed by atoms with van der Waals surface area (Å²) in [5.74, 6) is 0.255. The van der Waals surface area contributed by atoms with Crippen LogP contribution < -0.4 is 11.1 Å². The molecule has 2 aliphatic heterocycles. The third kappa shape index (κ3) is 2.38. The second-order valence-corrected chi connectivity index (χ2v) is 3.98. The Kier molecular flexibility index (Phi) is 4.16. The molecule has 2 aliphatic rings. The Morgan fingerprint density at radius 2 is 2.21 bits per heavy atom. The van der Waals surface area contributed by atoms with Crippen LogP contribution in [0.3, 0.4) is 0 Å². The summed E-state index contributed by atoms with van der Waals surface area (Å²) in [7, 11) is 0. The SMILES string of the molecule is Cl.N[C@H]1CCN(C(=O)[C@@H]2CCCN2)C1. The summed E-state index contributed by atoms with van der Waals surface area (Å²) in [4.78, 5) is 13.7. The van der Waals surface area contributed by atoms with Gasteiger partial charge >= 0.3 is 0 Å². The van der Waals surface area contributed by atoms with Gasteiger partial charge in [-0.2, -0.15) is 0 Å².